The second-order valence-corrected chi connectivity index (χ2v) is 9.55. The van der Waals surface area contributed by atoms with E-state index in [1.807, 2.05) is 30.3 Å². The van der Waals surface area contributed by atoms with E-state index in [1.165, 1.54) is 6.08 Å². The first-order chi connectivity index (χ1) is 13.7. The fourth-order valence-electron chi connectivity index (χ4n) is 4.96. The largest absolute Gasteiger partial charge is 0.456 e. The van der Waals surface area contributed by atoms with Gasteiger partial charge in [-0.25, -0.2) is 4.79 Å². The van der Waals surface area contributed by atoms with Crippen molar-refractivity contribution in [2.45, 2.75) is 82.6 Å². The molecule has 1 aromatic carbocycles. The van der Waals surface area contributed by atoms with Crippen molar-refractivity contribution in [2.75, 3.05) is 0 Å². The molecule has 29 heavy (non-hydrogen) atoms. The van der Waals surface area contributed by atoms with Gasteiger partial charge in [0.15, 0.2) is 0 Å². The lowest BCUT2D eigenvalue weighted by molar-refractivity contribution is -0.152. The van der Waals surface area contributed by atoms with Gasteiger partial charge in [-0.15, -0.1) is 0 Å². The maximum Gasteiger partial charge on any atom is 0.331 e. The van der Waals surface area contributed by atoms with E-state index in [0.717, 1.165) is 18.4 Å². The number of benzene rings is 1. The van der Waals surface area contributed by atoms with Gasteiger partial charge >= 0.3 is 5.97 Å². The Kier molecular flexibility index (Phi) is 5.34. The number of epoxide rings is 2. The number of esters is 1. The van der Waals surface area contributed by atoms with Crippen molar-refractivity contribution in [1.29, 1.82) is 0 Å². The summed E-state index contributed by atoms with van der Waals surface area (Å²) in [5.41, 5.74) is 0.325. The van der Waals surface area contributed by atoms with Crippen LogP contribution in [0.4, 0.5) is 0 Å². The van der Waals surface area contributed by atoms with E-state index < -0.39 is 18.2 Å². The van der Waals surface area contributed by atoms with Crippen LogP contribution in [-0.4, -0.2) is 46.7 Å². The molecule has 3 aliphatic rings. The smallest absolute Gasteiger partial charge is 0.331 e. The van der Waals surface area contributed by atoms with Crippen LogP contribution < -0.4 is 0 Å². The van der Waals surface area contributed by atoms with Crippen molar-refractivity contribution < 1.29 is 24.1 Å². The molecule has 0 aromatic heterocycles. The van der Waals surface area contributed by atoms with Crippen molar-refractivity contribution in [3.05, 3.63) is 42.0 Å². The first-order valence-electron chi connectivity index (χ1n) is 10.7. The quantitative estimate of drug-likeness (QED) is 0.474. The van der Waals surface area contributed by atoms with Gasteiger partial charge in [-0.1, -0.05) is 44.2 Å². The molecule has 4 rings (SSSR count). The molecule has 5 heteroatoms. The number of aliphatic hydroxyl groups excluding tert-OH is 1. The zero-order valence-electron chi connectivity index (χ0n) is 17.7. The van der Waals surface area contributed by atoms with Crippen LogP contribution in [0, 0.1) is 11.8 Å². The van der Waals surface area contributed by atoms with E-state index in [0.29, 0.717) is 6.42 Å². The molecule has 0 radical (unpaired) electrons. The van der Waals surface area contributed by atoms with Crippen molar-refractivity contribution >= 4 is 12.0 Å². The van der Waals surface area contributed by atoms with E-state index >= 15 is 0 Å². The molecular formula is C24H32O5. The average molecular weight is 401 g/mol. The highest BCUT2D eigenvalue weighted by molar-refractivity contribution is 5.87. The molecule has 2 aliphatic heterocycles. The van der Waals surface area contributed by atoms with E-state index in [-0.39, 0.29) is 35.2 Å². The normalized spacial score (nSPS) is 41.5. The molecule has 2 heterocycles. The zero-order valence-corrected chi connectivity index (χ0v) is 17.7. The summed E-state index contributed by atoms with van der Waals surface area (Å²) >= 11 is 0. The molecule has 7 unspecified atom stereocenters. The third kappa shape index (κ3) is 4.27. The average Bonchev–Trinajstić information content (AvgIpc) is 3.53. The number of fused-ring (bicyclic) bond motifs is 2. The van der Waals surface area contributed by atoms with Crippen LogP contribution in [0.25, 0.3) is 6.08 Å². The van der Waals surface area contributed by atoms with E-state index in [2.05, 4.69) is 27.7 Å². The van der Waals surface area contributed by atoms with E-state index in [1.54, 1.807) is 6.08 Å². The summed E-state index contributed by atoms with van der Waals surface area (Å²) in [7, 11) is 0. The highest BCUT2D eigenvalue weighted by Crippen LogP contribution is 2.53. The van der Waals surface area contributed by atoms with Crippen LogP contribution in [0.15, 0.2) is 36.4 Å². The fraction of sp³-hybridized carbons (Fsp3) is 0.625. The van der Waals surface area contributed by atoms with Gasteiger partial charge in [0.05, 0.1) is 23.4 Å². The molecule has 1 aliphatic carbocycles. The molecule has 7 atom stereocenters. The molecule has 158 valence electrons. The first-order valence-corrected chi connectivity index (χ1v) is 10.7. The van der Waals surface area contributed by atoms with Crippen LogP contribution in [0.2, 0.25) is 0 Å². The second-order valence-electron chi connectivity index (χ2n) is 9.55. The predicted octanol–water partition coefficient (Wildman–Crippen LogP) is 3.74. The molecule has 0 spiro atoms. The Labute approximate surface area is 173 Å². The minimum Gasteiger partial charge on any atom is -0.456 e. The van der Waals surface area contributed by atoms with Gasteiger partial charge in [0.2, 0.25) is 0 Å². The minimum absolute atomic E-state index is 0.134. The number of hydrogen-bond acceptors (Lipinski definition) is 5. The Hall–Kier alpha value is -1.69. The summed E-state index contributed by atoms with van der Waals surface area (Å²) in [6.07, 6.45) is 4.41. The summed E-state index contributed by atoms with van der Waals surface area (Å²) in [6.45, 7) is 8.27. The lowest BCUT2D eigenvalue weighted by Gasteiger charge is -2.34. The van der Waals surface area contributed by atoms with Crippen LogP contribution in [0.3, 0.4) is 0 Å². The Morgan fingerprint density at radius 2 is 1.93 bits per heavy atom. The van der Waals surface area contributed by atoms with Crippen LogP contribution in [0.5, 0.6) is 0 Å². The molecule has 3 fully saturated rings. The van der Waals surface area contributed by atoms with Crippen molar-refractivity contribution in [3.8, 4) is 0 Å². The Balaban J connectivity index is 1.54. The van der Waals surface area contributed by atoms with E-state index in [4.69, 9.17) is 14.2 Å². The maximum absolute atomic E-state index is 12.6. The van der Waals surface area contributed by atoms with Gasteiger partial charge in [0.25, 0.3) is 0 Å². The fourth-order valence-corrected chi connectivity index (χ4v) is 4.96. The maximum atomic E-state index is 12.6. The molecule has 1 saturated carbocycles. The van der Waals surface area contributed by atoms with Crippen molar-refractivity contribution in [1.82, 2.24) is 0 Å². The number of ether oxygens (including phenoxy) is 3. The summed E-state index contributed by atoms with van der Waals surface area (Å²) in [5, 5.41) is 11.1. The topological polar surface area (TPSA) is 71.6 Å². The van der Waals surface area contributed by atoms with Crippen molar-refractivity contribution in [3.63, 3.8) is 0 Å². The summed E-state index contributed by atoms with van der Waals surface area (Å²) in [4.78, 5) is 12.6. The van der Waals surface area contributed by atoms with Gasteiger partial charge in [-0.05, 0) is 44.2 Å². The Morgan fingerprint density at radius 1 is 1.21 bits per heavy atom. The minimum atomic E-state index is -0.618. The first kappa shape index (κ1) is 20.6. The summed E-state index contributed by atoms with van der Waals surface area (Å²) in [5.74, 6) is -0.483. The van der Waals surface area contributed by atoms with Gasteiger partial charge in [-0.2, -0.15) is 0 Å². The predicted molar refractivity (Wildman–Crippen MR) is 110 cm³/mol. The molecule has 1 aromatic rings. The molecule has 1 N–H and O–H groups in total. The monoisotopic (exact) mass is 400 g/mol. The number of hydrogen-bond donors (Lipinski definition) is 1. The van der Waals surface area contributed by atoms with Crippen LogP contribution in [0.1, 0.15) is 52.5 Å². The zero-order chi connectivity index (χ0) is 20.8. The number of aliphatic hydroxyl groups is 1. The van der Waals surface area contributed by atoms with Crippen LogP contribution >= 0.6 is 0 Å². The lowest BCUT2D eigenvalue weighted by atomic mass is 9.76. The summed E-state index contributed by atoms with van der Waals surface area (Å²) < 4.78 is 17.9. The van der Waals surface area contributed by atoms with E-state index in [9.17, 15) is 9.90 Å². The standard InChI is InChI=1S/C24H32O5/c1-15(2)20-17(25)14-24(4)18(28-24)12-13-23(3)22(29-23)21(20)27-19(26)11-10-16-8-6-5-7-9-16/h5-11,15,17-18,20-22,25H,12-14H2,1-4H3. The van der Waals surface area contributed by atoms with Crippen LogP contribution in [-0.2, 0) is 19.0 Å². The Bertz CT molecular complexity index is 775. The highest BCUT2D eigenvalue weighted by Gasteiger charge is 2.64. The van der Waals surface area contributed by atoms with Gasteiger partial charge in [-0.3, -0.25) is 0 Å². The molecule has 0 amide bonds. The molecular weight excluding hydrogens is 368 g/mol. The highest BCUT2D eigenvalue weighted by atomic mass is 16.6. The van der Waals surface area contributed by atoms with Gasteiger partial charge in [0, 0.05) is 18.4 Å². The second kappa shape index (κ2) is 7.53. The van der Waals surface area contributed by atoms with Gasteiger partial charge in [0.1, 0.15) is 12.2 Å². The molecule has 2 saturated heterocycles. The molecule has 0 bridgehead atoms. The number of rotatable bonds is 4. The SMILES string of the molecule is CC(C)C1C(O)CC2(C)OC2CCC2(C)OC2C1OC(=O)C=Cc1ccccc1. The Morgan fingerprint density at radius 3 is 2.62 bits per heavy atom. The third-order valence-electron chi connectivity index (χ3n) is 6.85. The summed E-state index contributed by atoms with van der Waals surface area (Å²) in [6, 6.07) is 9.65. The number of carbonyl (C=O) groups is 1. The third-order valence-corrected chi connectivity index (χ3v) is 6.85. The van der Waals surface area contributed by atoms with Crippen molar-refractivity contribution in [2.24, 2.45) is 11.8 Å². The number of carbonyl (C=O) groups excluding carboxylic acids is 1. The lowest BCUT2D eigenvalue weighted by Crippen LogP contribution is -2.45. The van der Waals surface area contributed by atoms with Gasteiger partial charge < -0.3 is 19.3 Å². The molecule has 5 nitrogen and oxygen atoms in total.